The summed E-state index contributed by atoms with van der Waals surface area (Å²) >= 11 is 0. The van der Waals surface area contributed by atoms with Crippen molar-refractivity contribution in [1.82, 2.24) is 0 Å². The Morgan fingerprint density at radius 3 is 2.14 bits per heavy atom. The van der Waals surface area contributed by atoms with Crippen LogP contribution in [0.3, 0.4) is 0 Å². The molecule has 0 N–H and O–H groups in total. The van der Waals surface area contributed by atoms with Crippen LogP contribution in [-0.4, -0.2) is 0 Å². The van der Waals surface area contributed by atoms with Gasteiger partial charge in [0.1, 0.15) is 0 Å². The summed E-state index contributed by atoms with van der Waals surface area (Å²) in [6.45, 7) is 4.50. The lowest BCUT2D eigenvalue weighted by atomic mass is 9.76. The van der Waals surface area contributed by atoms with Crippen molar-refractivity contribution in [3.8, 4) is 0 Å². The molecular formula is C14H20. The second kappa shape index (κ2) is 3.76. The standard InChI is InChI=1S/C14H20/c1-3-14(10-4-5-11-14)13-8-6-12(2)7-9-13/h6-9H,3-5,10-11H2,1-2H3. The van der Waals surface area contributed by atoms with Crippen molar-refractivity contribution < 1.29 is 0 Å². The van der Waals surface area contributed by atoms with Crippen LogP contribution >= 0.6 is 0 Å². The van der Waals surface area contributed by atoms with Crippen molar-refractivity contribution in [2.75, 3.05) is 0 Å². The Balaban J connectivity index is 2.31. The van der Waals surface area contributed by atoms with E-state index in [9.17, 15) is 0 Å². The van der Waals surface area contributed by atoms with Crippen molar-refractivity contribution in [3.63, 3.8) is 0 Å². The van der Waals surface area contributed by atoms with Crippen molar-refractivity contribution >= 4 is 0 Å². The zero-order chi connectivity index (χ0) is 10.0. The van der Waals surface area contributed by atoms with E-state index in [0.29, 0.717) is 5.41 Å². The second-order valence-corrected chi connectivity index (χ2v) is 4.71. The van der Waals surface area contributed by atoms with Gasteiger partial charge in [0.15, 0.2) is 0 Å². The first-order chi connectivity index (χ1) is 6.77. The molecule has 0 saturated heterocycles. The lowest BCUT2D eigenvalue weighted by molar-refractivity contribution is 0.425. The van der Waals surface area contributed by atoms with E-state index < -0.39 is 0 Å². The third kappa shape index (κ3) is 1.58. The monoisotopic (exact) mass is 188 g/mol. The Hall–Kier alpha value is -0.780. The number of aryl methyl sites for hydroxylation is 1. The van der Waals surface area contributed by atoms with Gasteiger partial charge in [-0.1, -0.05) is 49.6 Å². The molecule has 1 saturated carbocycles. The maximum absolute atomic E-state index is 2.34. The average molecular weight is 188 g/mol. The van der Waals surface area contributed by atoms with E-state index in [0.717, 1.165) is 0 Å². The molecule has 1 fully saturated rings. The molecule has 0 aromatic heterocycles. The molecule has 0 heterocycles. The van der Waals surface area contributed by atoms with Gasteiger partial charge in [-0.2, -0.15) is 0 Å². The van der Waals surface area contributed by atoms with E-state index in [1.807, 2.05) is 0 Å². The fourth-order valence-corrected chi connectivity index (χ4v) is 2.81. The smallest absolute Gasteiger partial charge is 0.00496 e. The molecule has 76 valence electrons. The van der Waals surface area contributed by atoms with E-state index in [4.69, 9.17) is 0 Å². The van der Waals surface area contributed by atoms with Gasteiger partial charge in [0, 0.05) is 0 Å². The van der Waals surface area contributed by atoms with Crippen molar-refractivity contribution in [2.24, 2.45) is 0 Å². The van der Waals surface area contributed by atoms with Gasteiger partial charge in [0.2, 0.25) is 0 Å². The molecule has 0 bridgehead atoms. The van der Waals surface area contributed by atoms with Crippen LogP contribution in [0, 0.1) is 6.92 Å². The van der Waals surface area contributed by atoms with Crippen LogP contribution in [0.5, 0.6) is 0 Å². The SMILES string of the molecule is CCC1(c2ccc(C)cc2)CCCC1. The summed E-state index contributed by atoms with van der Waals surface area (Å²) in [7, 11) is 0. The summed E-state index contributed by atoms with van der Waals surface area (Å²) in [5, 5.41) is 0. The van der Waals surface area contributed by atoms with Gasteiger partial charge in [-0.15, -0.1) is 0 Å². The first-order valence-corrected chi connectivity index (χ1v) is 5.84. The molecule has 2 rings (SSSR count). The fraction of sp³-hybridized carbons (Fsp3) is 0.571. The normalized spacial score (nSPS) is 19.9. The van der Waals surface area contributed by atoms with E-state index in [2.05, 4.69) is 38.1 Å². The van der Waals surface area contributed by atoms with Gasteiger partial charge in [-0.05, 0) is 37.2 Å². The zero-order valence-electron chi connectivity index (χ0n) is 9.34. The molecule has 0 atom stereocenters. The van der Waals surface area contributed by atoms with Crippen LogP contribution in [-0.2, 0) is 5.41 Å². The minimum atomic E-state index is 0.522. The predicted octanol–water partition coefficient (Wildman–Crippen LogP) is 4.22. The molecule has 0 amide bonds. The van der Waals surface area contributed by atoms with Crippen LogP contribution in [0.15, 0.2) is 24.3 Å². The van der Waals surface area contributed by atoms with E-state index in [1.54, 1.807) is 5.56 Å². The molecule has 1 aliphatic carbocycles. The maximum atomic E-state index is 2.34. The highest BCUT2D eigenvalue weighted by atomic mass is 14.4. The summed E-state index contributed by atoms with van der Waals surface area (Å²) in [5.41, 5.74) is 3.47. The predicted molar refractivity (Wildman–Crippen MR) is 61.6 cm³/mol. The molecule has 14 heavy (non-hydrogen) atoms. The first kappa shape index (κ1) is 9.76. The molecule has 0 unspecified atom stereocenters. The molecule has 0 aliphatic heterocycles. The van der Waals surface area contributed by atoms with Crippen molar-refractivity contribution in [2.45, 2.75) is 51.4 Å². The lowest BCUT2D eigenvalue weighted by Gasteiger charge is -2.28. The molecule has 1 aromatic carbocycles. The summed E-state index contributed by atoms with van der Waals surface area (Å²) in [4.78, 5) is 0. The summed E-state index contributed by atoms with van der Waals surface area (Å²) < 4.78 is 0. The van der Waals surface area contributed by atoms with Crippen LogP contribution < -0.4 is 0 Å². The number of benzene rings is 1. The minimum absolute atomic E-state index is 0.522. The fourth-order valence-electron chi connectivity index (χ4n) is 2.81. The Kier molecular flexibility index (Phi) is 2.62. The van der Waals surface area contributed by atoms with Crippen LogP contribution in [0.25, 0.3) is 0 Å². The van der Waals surface area contributed by atoms with Gasteiger partial charge >= 0.3 is 0 Å². The van der Waals surface area contributed by atoms with Crippen LogP contribution in [0.4, 0.5) is 0 Å². The average Bonchev–Trinajstić information content (AvgIpc) is 2.68. The number of hydrogen-bond acceptors (Lipinski definition) is 0. The Labute approximate surface area is 87.3 Å². The minimum Gasteiger partial charge on any atom is -0.0645 e. The third-order valence-corrected chi connectivity index (χ3v) is 3.90. The van der Waals surface area contributed by atoms with Crippen LogP contribution in [0.2, 0.25) is 0 Å². The zero-order valence-corrected chi connectivity index (χ0v) is 9.34. The molecule has 0 nitrogen and oxygen atoms in total. The molecule has 1 aliphatic rings. The van der Waals surface area contributed by atoms with Crippen molar-refractivity contribution in [1.29, 1.82) is 0 Å². The molecule has 0 radical (unpaired) electrons. The molecule has 0 heteroatoms. The first-order valence-electron chi connectivity index (χ1n) is 5.84. The van der Waals surface area contributed by atoms with Gasteiger partial charge in [-0.3, -0.25) is 0 Å². The largest absolute Gasteiger partial charge is 0.0645 e. The van der Waals surface area contributed by atoms with Gasteiger partial charge in [0.05, 0.1) is 0 Å². The van der Waals surface area contributed by atoms with Gasteiger partial charge in [0.25, 0.3) is 0 Å². The van der Waals surface area contributed by atoms with E-state index in [-0.39, 0.29) is 0 Å². The van der Waals surface area contributed by atoms with Crippen LogP contribution in [0.1, 0.15) is 50.2 Å². The number of rotatable bonds is 2. The van der Waals surface area contributed by atoms with E-state index in [1.165, 1.54) is 37.7 Å². The number of hydrogen-bond donors (Lipinski definition) is 0. The quantitative estimate of drug-likeness (QED) is 0.652. The summed E-state index contributed by atoms with van der Waals surface area (Å²) in [6.07, 6.45) is 6.93. The Morgan fingerprint density at radius 2 is 1.64 bits per heavy atom. The van der Waals surface area contributed by atoms with Gasteiger partial charge in [-0.25, -0.2) is 0 Å². The Morgan fingerprint density at radius 1 is 1.07 bits per heavy atom. The molecule has 0 spiro atoms. The summed E-state index contributed by atoms with van der Waals surface area (Å²) in [5.74, 6) is 0. The highest BCUT2D eigenvalue weighted by Crippen LogP contribution is 2.43. The van der Waals surface area contributed by atoms with E-state index >= 15 is 0 Å². The maximum Gasteiger partial charge on any atom is -0.00496 e. The topological polar surface area (TPSA) is 0 Å². The third-order valence-electron chi connectivity index (χ3n) is 3.90. The highest BCUT2D eigenvalue weighted by Gasteiger charge is 2.33. The van der Waals surface area contributed by atoms with Crippen molar-refractivity contribution in [3.05, 3.63) is 35.4 Å². The summed E-state index contributed by atoms with van der Waals surface area (Å²) in [6, 6.07) is 9.18. The van der Waals surface area contributed by atoms with Gasteiger partial charge < -0.3 is 0 Å². The molecule has 1 aromatic rings. The molecular weight excluding hydrogens is 168 g/mol. The lowest BCUT2D eigenvalue weighted by Crippen LogP contribution is -2.20. The highest BCUT2D eigenvalue weighted by molar-refractivity contribution is 5.29. The Bertz CT molecular complexity index is 288. The second-order valence-electron chi connectivity index (χ2n) is 4.71.